The highest BCUT2D eigenvalue weighted by Gasteiger charge is 2.24. The minimum Gasteiger partial charge on any atom is -0.481 e. The third-order valence-corrected chi connectivity index (χ3v) is 3.25. The van der Waals surface area contributed by atoms with Gasteiger partial charge in [0, 0.05) is 26.1 Å². The number of hydrogen-bond donors (Lipinski definition) is 3. The molecule has 1 saturated heterocycles. The van der Waals surface area contributed by atoms with E-state index in [0.717, 1.165) is 19.5 Å². The molecule has 1 heterocycles. The molecule has 1 aliphatic rings. The molecular formula is C12H21N3O5. The van der Waals surface area contributed by atoms with Crippen LogP contribution in [0, 0.1) is 0 Å². The van der Waals surface area contributed by atoms with E-state index in [1.807, 2.05) is 7.05 Å². The number of carbonyl (C=O) groups excluding carboxylic acids is 1. The molecule has 114 valence electrons. The highest BCUT2D eigenvalue weighted by Crippen LogP contribution is 2.04. The fraction of sp³-hybridized carbons (Fsp3) is 0.750. The summed E-state index contributed by atoms with van der Waals surface area (Å²) in [6.07, 6.45) is 0.418. The fourth-order valence-electron chi connectivity index (χ4n) is 2.02. The maximum Gasteiger partial charge on any atom is 0.326 e. The molecule has 0 unspecified atom stereocenters. The molecule has 0 aromatic heterocycles. The Morgan fingerprint density at radius 3 is 2.45 bits per heavy atom. The summed E-state index contributed by atoms with van der Waals surface area (Å²) >= 11 is 0. The number of carboxylic acids is 2. The molecular weight excluding hydrogens is 266 g/mol. The smallest absolute Gasteiger partial charge is 0.326 e. The van der Waals surface area contributed by atoms with Crippen molar-refractivity contribution >= 4 is 18.0 Å². The average molecular weight is 287 g/mol. The number of urea groups is 1. The van der Waals surface area contributed by atoms with E-state index in [9.17, 15) is 14.4 Å². The van der Waals surface area contributed by atoms with Gasteiger partial charge in [-0.2, -0.15) is 0 Å². The van der Waals surface area contributed by atoms with Gasteiger partial charge < -0.3 is 25.3 Å². The van der Waals surface area contributed by atoms with Gasteiger partial charge in [-0.1, -0.05) is 0 Å². The van der Waals surface area contributed by atoms with Crippen molar-refractivity contribution in [3.8, 4) is 0 Å². The van der Waals surface area contributed by atoms with Gasteiger partial charge in [0.2, 0.25) is 0 Å². The molecule has 0 aromatic rings. The van der Waals surface area contributed by atoms with Gasteiger partial charge >= 0.3 is 18.0 Å². The minimum atomic E-state index is -1.22. The lowest BCUT2D eigenvalue weighted by atomic mass is 10.1. The third-order valence-electron chi connectivity index (χ3n) is 3.25. The van der Waals surface area contributed by atoms with E-state index >= 15 is 0 Å². The van der Waals surface area contributed by atoms with Gasteiger partial charge in [-0.3, -0.25) is 4.79 Å². The second-order valence-corrected chi connectivity index (χ2v) is 4.92. The summed E-state index contributed by atoms with van der Waals surface area (Å²) in [5.74, 6) is -2.30. The van der Waals surface area contributed by atoms with Crippen LogP contribution in [-0.2, 0) is 9.59 Å². The van der Waals surface area contributed by atoms with Crippen LogP contribution < -0.4 is 5.32 Å². The van der Waals surface area contributed by atoms with Crippen LogP contribution in [0.15, 0.2) is 0 Å². The first kappa shape index (κ1) is 16.2. The maximum absolute atomic E-state index is 12.0. The lowest BCUT2D eigenvalue weighted by Crippen LogP contribution is -2.49. The summed E-state index contributed by atoms with van der Waals surface area (Å²) < 4.78 is 0. The highest BCUT2D eigenvalue weighted by atomic mass is 16.4. The topological polar surface area (TPSA) is 110 Å². The van der Waals surface area contributed by atoms with Gasteiger partial charge in [0.05, 0.1) is 0 Å². The average Bonchev–Trinajstić information content (AvgIpc) is 2.58. The number of rotatable bonds is 5. The first-order valence-electron chi connectivity index (χ1n) is 6.58. The zero-order valence-corrected chi connectivity index (χ0v) is 11.5. The van der Waals surface area contributed by atoms with Gasteiger partial charge in [-0.25, -0.2) is 9.59 Å². The van der Waals surface area contributed by atoms with E-state index in [4.69, 9.17) is 10.2 Å². The number of amides is 2. The van der Waals surface area contributed by atoms with E-state index in [2.05, 4.69) is 10.2 Å². The highest BCUT2D eigenvalue weighted by molar-refractivity contribution is 5.83. The zero-order valence-electron chi connectivity index (χ0n) is 11.5. The standard InChI is InChI=1S/C12H21N3O5/c1-14-5-2-6-15(8-7-14)12(20)13-9(11(18)19)3-4-10(16)17/h9H,2-8H2,1H3,(H,13,20)(H,16,17)(H,18,19)/t9-/m0/s1. The summed E-state index contributed by atoms with van der Waals surface area (Å²) in [5, 5.41) is 20.0. The van der Waals surface area contributed by atoms with Crippen LogP contribution in [0.3, 0.4) is 0 Å². The van der Waals surface area contributed by atoms with Crippen LogP contribution in [0.2, 0.25) is 0 Å². The Morgan fingerprint density at radius 1 is 1.15 bits per heavy atom. The zero-order chi connectivity index (χ0) is 15.1. The summed E-state index contributed by atoms with van der Waals surface area (Å²) in [6.45, 7) is 2.74. The molecule has 20 heavy (non-hydrogen) atoms. The fourth-order valence-corrected chi connectivity index (χ4v) is 2.02. The molecule has 0 aromatic carbocycles. The van der Waals surface area contributed by atoms with Crippen LogP contribution in [0.25, 0.3) is 0 Å². The Labute approximate surface area is 117 Å². The van der Waals surface area contributed by atoms with Crippen LogP contribution >= 0.6 is 0 Å². The van der Waals surface area contributed by atoms with Crippen molar-refractivity contribution in [3.05, 3.63) is 0 Å². The van der Waals surface area contributed by atoms with Crippen LogP contribution in [-0.4, -0.2) is 77.3 Å². The molecule has 1 rings (SSSR count). The molecule has 0 aliphatic carbocycles. The molecule has 1 fully saturated rings. The van der Waals surface area contributed by atoms with E-state index < -0.39 is 24.0 Å². The van der Waals surface area contributed by atoms with Gasteiger partial charge in [0.1, 0.15) is 6.04 Å². The van der Waals surface area contributed by atoms with E-state index in [-0.39, 0.29) is 12.8 Å². The summed E-state index contributed by atoms with van der Waals surface area (Å²) in [5.41, 5.74) is 0. The largest absolute Gasteiger partial charge is 0.481 e. The van der Waals surface area contributed by atoms with Crippen LogP contribution in [0.5, 0.6) is 0 Å². The predicted molar refractivity (Wildman–Crippen MR) is 70.5 cm³/mol. The lowest BCUT2D eigenvalue weighted by Gasteiger charge is -2.23. The lowest BCUT2D eigenvalue weighted by molar-refractivity contribution is -0.140. The SMILES string of the molecule is CN1CCCN(C(=O)N[C@@H](CCC(=O)O)C(=O)O)CC1. The van der Waals surface area contributed by atoms with Crippen molar-refractivity contribution in [1.82, 2.24) is 15.1 Å². The van der Waals surface area contributed by atoms with E-state index in [1.165, 1.54) is 0 Å². The monoisotopic (exact) mass is 287 g/mol. The first-order valence-corrected chi connectivity index (χ1v) is 6.58. The molecule has 2 amide bonds. The number of carbonyl (C=O) groups is 3. The molecule has 0 spiro atoms. The van der Waals surface area contributed by atoms with Gasteiger partial charge in [0.25, 0.3) is 0 Å². The van der Waals surface area contributed by atoms with Crippen molar-refractivity contribution in [1.29, 1.82) is 0 Å². The Morgan fingerprint density at radius 2 is 1.85 bits per heavy atom. The van der Waals surface area contributed by atoms with Crippen LogP contribution in [0.1, 0.15) is 19.3 Å². The maximum atomic E-state index is 12.0. The summed E-state index contributed by atoms with van der Waals surface area (Å²) in [4.78, 5) is 37.2. The Bertz CT molecular complexity index is 374. The molecule has 3 N–H and O–H groups in total. The molecule has 1 aliphatic heterocycles. The van der Waals surface area contributed by atoms with E-state index in [0.29, 0.717) is 13.1 Å². The number of hydrogen-bond acceptors (Lipinski definition) is 4. The Kier molecular flexibility index (Phi) is 6.23. The summed E-state index contributed by atoms with van der Waals surface area (Å²) in [6, 6.07) is -1.61. The number of aliphatic carboxylic acids is 2. The quantitative estimate of drug-likeness (QED) is 0.637. The van der Waals surface area contributed by atoms with Crippen LogP contribution in [0.4, 0.5) is 4.79 Å². The summed E-state index contributed by atoms with van der Waals surface area (Å²) in [7, 11) is 1.97. The Hall–Kier alpha value is -1.83. The molecule has 0 radical (unpaired) electrons. The second-order valence-electron chi connectivity index (χ2n) is 4.92. The number of carboxylic acid groups (broad SMARTS) is 2. The van der Waals surface area contributed by atoms with Crippen molar-refractivity contribution in [3.63, 3.8) is 0 Å². The van der Waals surface area contributed by atoms with E-state index in [1.54, 1.807) is 4.90 Å². The second kappa shape index (κ2) is 7.68. The molecule has 1 atom stereocenters. The normalized spacial score (nSPS) is 18.1. The number of likely N-dealkylation sites (N-methyl/N-ethyl adjacent to an activating group) is 1. The van der Waals surface area contributed by atoms with Gasteiger partial charge in [-0.15, -0.1) is 0 Å². The third kappa shape index (κ3) is 5.43. The van der Waals surface area contributed by atoms with Gasteiger partial charge in [-0.05, 0) is 26.4 Å². The number of nitrogens with one attached hydrogen (secondary N) is 1. The van der Waals surface area contributed by atoms with Crippen molar-refractivity contribution in [2.75, 3.05) is 33.2 Å². The molecule has 0 saturated carbocycles. The molecule has 8 nitrogen and oxygen atoms in total. The first-order chi connectivity index (χ1) is 9.40. The minimum absolute atomic E-state index is 0.121. The van der Waals surface area contributed by atoms with Gasteiger partial charge in [0.15, 0.2) is 0 Å². The number of nitrogens with zero attached hydrogens (tertiary/aromatic N) is 2. The Balaban J connectivity index is 2.52. The molecule has 0 bridgehead atoms. The predicted octanol–water partition coefficient (Wildman–Crippen LogP) is -0.348. The van der Waals surface area contributed by atoms with Crippen molar-refractivity contribution < 1.29 is 24.6 Å². The van der Waals surface area contributed by atoms with Crippen molar-refractivity contribution in [2.24, 2.45) is 0 Å². The molecule has 8 heteroatoms. The van der Waals surface area contributed by atoms with Crippen molar-refractivity contribution in [2.45, 2.75) is 25.3 Å².